The number of nitrogens with one attached hydrogen (secondary N) is 1. The highest BCUT2D eigenvalue weighted by atomic mass is 79.9. The minimum atomic E-state index is 0.292. The normalized spacial score (nSPS) is 20.9. The third-order valence-corrected chi connectivity index (χ3v) is 7.18. The zero-order valence-corrected chi connectivity index (χ0v) is 20.6. The van der Waals surface area contributed by atoms with E-state index in [2.05, 4.69) is 87.8 Å². The van der Waals surface area contributed by atoms with Gasteiger partial charge in [-0.25, -0.2) is 0 Å². The van der Waals surface area contributed by atoms with E-state index in [1.54, 1.807) is 14.2 Å². The summed E-state index contributed by atoms with van der Waals surface area (Å²) in [5, 5.41) is 3.81. The predicted molar refractivity (Wildman–Crippen MR) is 138 cm³/mol. The molecule has 0 aromatic heterocycles. The molecule has 0 saturated carbocycles. The molecular weight excluding hydrogens is 476 g/mol. The second-order valence-corrected chi connectivity index (χ2v) is 9.51. The Kier molecular flexibility index (Phi) is 5.98. The van der Waals surface area contributed by atoms with E-state index in [1.807, 2.05) is 18.3 Å². The van der Waals surface area contributed by atoms with Gasteiger partial charge in [-0.15, -0.1) is 0 Å². The standard InChI is InChI=1S/C28H27BrN2O2/c1-17-7-12-25-23(13-17)21-5-4-6-22(21)27(31-25)19-8-10-20(11-9-19)30-16-18-14-24(29)28(33-3)26(15-18)32-2/h4-5,7-16,21-22,27,31H,6H2,1-3H3/t21-,22+,27+/m1/s1. The van der Waals surface area contributed by atoms with Gasteiger partial charge < -0.3 is 14.8 Å². The van der Waals surface area contributed by atoms with Crippen molar-refractivity contribution >= 4 is 33.5 Å². The zero-order valence-electron chi connectivity index (χ0n) is 19.0. The smallest absolute Gasteiger partial charge is 0.174 e. The van der Waals surface area contributed by atoms with Crippen LogP contribution in [-0.2, 0) is 0 Å². The molecule has 33 heavy (non-hydrogen) atoms. The summed E-state index contributed by atoms with van der Waals surface area (Å²) in [5.74, 6) is 2.36. The summed E-state index contributed by atoms with van der Waals surface area (Å²) >= 11 is 3.54. The molecule has 3 aromatic carbocycles. The number of methoxy groups -OCH3 is 2. The molecule has 0 radical (unpaired) electrons. The van der Waals surface area contributed by atoms with Gasteiger partial charge in [0.05, 0.1) is 30.4 Å². The van der Waals surface area contributed by atoms with Crippen molar-refractivity contribution in [2.45, 2.75) is 25.3 Å². The Balaban J connectivity index is 1.37. The third kappa shape index (κ3) is 4.18. The minimum Gasteiger partial charge on any atom is -0.493 e. The molecule has 1 aliphatic heterocycles. The van der Waals surface area contributed by atoms with Crippen LogP contribution < -0.4 is 14.8 Å². The van der Waals surface area contributed by atoms with E-state index in [1.165, 1.54) is 22.4 Å². The number of rotatable bonds is 5. The third-order valence-electron chi connectivity index (χ3n) is 6.59. The summed E-state index contributed by atoms with van der Waals surface area (Å²) < 4.78 is 11.6. The summed E-state index contributed by atoms with van der Waals surface area (Å²) in [6.07, 6.45) is 7.66. The second-order valence-electron chi connectivity index (χ2n) is 8.65. The lowest BCUT2D eigenvalue weighted by Gasteiger charge is -2.37. The van der Waals surface area contributed by atoms with Gasteiger partial charge in [0.15, 0.2) is 11.5 Å². The van der Waals surface area contributed by atoms with Crippen molar-refractivity contribution < 1.29 is 9.47 Å². The van der Waals surface area contributed by atoms with Crippen molar-refractivity contribution in [1.82, 2.24) is 0 Å². The molecule has 4 nitrogen and oxygen atoms in total. The Morgan fingerprint density at radius 2 is 1.85 bits per heavy atom. The monoisotopic (exact) mass is 502 g/mol. The molecule has 0 amide bonds. The van der Waals surface area contributed by atoms with Crippen LogP contribution in [-0.4, -0.2) is 20.4 Å². The molecule has 168 valence electrons. The molecule has 1 heterocycles. The molecule has 0 unspecified atom stereocenters. The van der Waals surface area contributed by atoms with Gasteiger partial charge >= 0.3 is 0 Å². The van der Waals surface area contributed by atoms with Gasteiger partial charge in [-0.05, 0) is 82.2 Å². The minimum absolute atomic E-state index is 0.292. The number of hydrogen-bond donors (Lipinski definition) is 1. The van der Waals surface area contributed by atoms with E-state index in [9.17, 15) is 0 Å². The second kappa shape index (κ2) is 9.06. The molecule has 3 aromatic rings. The lowest BCUT2D eigenvalue weighted by atomic mass is 9.76. The van der Waals surface area contributed by atoms with E-state index in [0.29, 0.717) is 29.4 Å². The Bertz CT molecular complexity index is 1230. The van der Waals surface area contributed by atoms with Crippen LogP contribution in [0.25, 0.3) is 0 Å². The predicted octanol–water partition coefficient (Wildman–Crippen LogP) is 7.35. The first-order chi connectivity index (χ1) is 16.1. The first kappa shape index (κ1) is 21.8. The van der Waals surface area contributed by atoms with Gasteiger partial charge in [0.1, 0.15) is 0 Å². The van der Waals surface area contributed by atoms with Crippen LogP contribution in [0.15, 0.2) is 76.2 Å². The largest absolute Gasteiger partial charge is 0.493 e. The topological polar surface area (TPSA) is 42.8 Å². The van der Waals surface area contributed by atoms with Gasteiger partial charge in [0.25, 0.3) is 0 Å². The maximum atomic E-state index is 5.43. The summed E-state index contributed by atoms with van der Waals surface area (Å²) in [7, 11) is 3.26. The highest BCUT2D eigenvalue weighted by Gasteiger charge is 2.37. The molecular formula is C28H27BrN2O2. The van der Waals surface area contributed by atoms with Gasteiger partial charge in [-0.1, -0.05) is 42.0 Å². The number of anilines is 1. The van der Waals surface area contributed by atoms with Gasteiger partial charge in [-0.2, -0.15) is 0 Å². The van der Waals surface area contributed by atoms with Crippen molar-refractivity contribution in [3.8, 4) is 11.5 Å². The van der Waals surface area contributed by atoms with Crippen molar-refractivity contribution in [3.63, 3.8) is 0 Å². The number of aryl methyl sites for hydroxylation is 1. The van der Waals surface area contributed by atoms with Crippen LogP contribution in [0.4, 0.5) is 11.4 Å². The molecule has 5 rings (SSSR count). The summed E-state index contributed by atoms with van der Waals surface area (Å²) in [6, 6.07) is 19.5. The molecule has 1 N–H and O–H groups in total. The van der Waals surface area contributed by atoms with E-state index in [4.69, 9.17) is 9.47 Å². The Labute approximate surface area is 203 Å². The van der Waals surface area contributed by atoms with Crippen LogP contribution in [0.3, 0.4) is 0 Å². The summed E-state index contributed by atoms with van der Waals surface area (Å²) in [6.45, 7) is 2.17. The molecule has 0 fully saturated rings. The average Bonchev–Trinajstić information content (AvgIpc) is 3.33. The fourth-order valence-electron chi connectivity index (χ4n) is 4.97. The van der Waals surface area contributed by atoms with Gasteiger partial charge in [0.2, 0.25) is 0 Å². The molecule has 2 aliphatic rings. The Morgan fingerprint density at radius 1 is 1.03 bits per heavy atom. The zero-order chi connectivity index (χ0) is 22.9. The fraction of sp³-hybridized carbons (Fsp3) is 0.250. The molecule has 0 saturated heterocycles. The van der Waals surface area contributed by atoms with Crippen LogP contribution in [0, 0.1) is 12.8 Å². The fourth-order valence-corrected chi connectivity index (χ4v) is 5.59. The first-order valence-electron chi connectivity index (χ1n) is 11.2. The van der Waals surface area contributed by atoms with E-state index >= 15 is 0 Å². The number of nitrogens with zero attached hydrogens (tertiary/aromatic N) is 1. The van der Waals surface area contributed by atoms with Crippen LogP contribution in [0.2, 0.25) is 0 Å². The van der Waals surface area contributed by atoms with Gasteiger partial charge in [-0.3, -0.25) is 4.99 Å². The number of benzene rings is 3. The van der Waals surface area contributed by atoms with Gasteiger partial charge in [0, 0.05) is 17.8 Å². The average molecular weight is 503 g/mol. The number of halogens is 1. The SMILES string of the molecule is COc1cc(C=Nc2ccc([C@@H]3Nc4ccc(C)cc4[C@@H]4C=CC[C@@H]43)cc2)cc(Br)c1OC. The maximum Gasteiger partial charge on any atom is 0.174 e. The van der Waals surface area contributed by atoms with Crippen LogP contribution in [0.1, 0.15) is 40.6 Å². The van der Waals surface area contributed by atoms with Crippen molar-refractivity contribution in [2.24, 2.45) is 10.9 Å². The summed E-state index contributed by atoms with van der Waals surface area (Å²) in [4.78, 5) is 4.67. The first-order valence-corrected chi connectivity index (χ1v) is 12.0. The van der Waals surface area contributed by atoms with E-state index < -0.39 is 0 Å². The number of hydrogen-bond acceptors (Lipinski definition) is 4. The highest BCUT2D eigenvalue weighted by Crippen LogP contribution is 2.50. The van der Waals surface area contributed by atoms with E-state index in [0.717, 1.165) is 22.1 Å². The number of aliphatic imine (C=N–C) groups is 1. The maximum absolute atomic E-state index is 5.43. The Morgan fingerprint density at radius 3 is 2.61 bits per heavy atom. The van der Waals surface area contributed by atoms with Crippen molar-refractivity contribution in [1.29, 1.82) is 0 Å². The number of allylic oxidation sites excluding steroid dienone is 2. The lowest BCUT2D eigenvalue weighted by molar-refractivity contribution is 0.353. The Hall–Kier alpha value is -3.05. The van der Waals surface area contributed by atoms with Crippen LogP contribution >= 0.6 is 15.9 Å². The van der Waals surface area contributed by atoms with Crippen LogP contribution in [0.5, 0.6) is 11.5 Å². The van der Waals surface area contributed by atoms with Crippen molar-refractivity contribution in [2.75, 3.05) is 19.5 Å². The number of ether oxygens (including phenoxy) is 2. The molecule has 0 bridgehead atoms. The summed E-state index contributed by atoms with van der Waals surface area (Å²) in [5.41, 5.74) is 7.14. The lowest BCUT2D eigenvalue weighted by Crippen LogP contribution is -2.29. The number of fused-ring (bicyclic) bond motifs is 3. The molecule has 1 aliphatic carbocycles. The molecule has 5 heteroatoms. The highest BCUT2D eigenvalue weighted by molar-refractivity contribution is 9.10. The molecule has 3 atom stereocenters. The van der Waals surface area contributed by atoms with E-state index in [-0.39, 0.29) is 0 Å². The quantitative estimate of drug-likeness (QED) is 0.292. The van der Waals surface area contributed by atoms with Crippen molar-refractivity contribution in [3.05, 3.63) is 93.5 Å². The molecule has 0 spiro atoms.